The number of hydrogen-bond acceptors (Lipinski definition) is 5. The van der Waals surface area contributed by atoms with E-state index in [9.17, 15) is 9.18 Å². The molecule has 134 valence electrons. The second-order valence-electron chi connectivity index (χ2n) is 5.99. The van der Waals surface area contributed by atoms with Crippen LogP contribution in [0.1, 0.15) is 36.0 Å². The summed E-state index contributed by atoms with van der Waals surface area (Å²) in [6.45, 7) is 2.87. The van der Waals surface area contributed by atoms with Crippen molar-refractivity contribution in [2.24, 2.45) is 0 Å². The zero-order valence-corrected chi connectivity index (χ0v) is 14.0. The van der Waals surface area contributed by atoms with Gasteiger partial charge in [0.2, 0.25) is 0 Å². The van der Waals surface area contributed by atoms with Gasteiger partial charge < -0.3 is 19.3 Å². The van der Waals surface area contributed by atoms with E-state index in [0.717, 1.165) is 12.8 Å². The largest absolute Gasteiger partial charge is 0.488 e. The molecule has 1 fully saturated rings. The van der Waals surface area contributed by atoms with Crippen LogP contribution in [0.5, 0.6) is 5.75 Å². The Hall–Kier alpha value is -2.41. The van der Waals surface area contributed by atoms with Crippen molar-refractivity contribution in [3.63, 3.8) is 0 Å². The van der Waals surface area contributed by atoms with E-state index in [1.165, 1.54) is 12.1 Å². The molecule has 2 aromatic rings. The highest BCUT2D eigenvalue weighted by Crippen LogP contribution is 2.19. The van der Waals surface area contributed by atoms with Gasteiger partial charge in [0, 0.05) is 25.0 Å². The highest BCUT2D eigenvalue weighted by atomic mass is 19.1. The summed E-state index contributed by atoms with van der Waals surface area (Å²) in [5.74, 6) is 0.406. The Bertz CT molecular complexity index is 719. The SMILES string of the molecule is CCCc1cc(C(=O)N[C@@H]2COCC[C@@H]2Oc2cccc(F)c2)no1. The molecular formula is C18H21FN2O4. The summed E-state index contributed by atoms with van der Waals surface area (Å²) in [5, 5.41) is 6.67. The Morgan fingerprint density at radius 3 is 3.12 bits per heavy atom. The highest BCUT2D eigenvalue weighted by Gasteiger charge is 2.30. The fourth-order valence-corrected chi connectivity index (χ4v) is 2.74. The Balaban J connectivity index is 1.64. The first-order valence-electron chi connectivity index (χ1n) is 8.42. The number of ether oxygens (including phenoxy) is 2. The predicted octanol–water partition coefficient (Wildman–Crippen LogP) is 2.73. The van der Waals surface area contributed by atoms with Crippen molar-refractivity contribution in [3.05, 3.63) is 47.6 Å². The standard InChI is InChI=1S/C18H21FN2O4/c1-2-4-14-10-15(21-25-14)18(22)20-16-11-23-8-7-17(16)24-13-6-3-5-12(19)9-13/h3,5-6,9-10,16-17H,2,4,7-8,11H2,1H3,(H,20,22)/t16-,17+/m1/s1. The summed E-state index contributed by atoms with van der Waals surface area (Å²) < 4.78 is 29.8. The van der Waals surface area contributed by atoms with Crippen LogP contribution in [0.3, 0.4) is 0 Å². The molecule has 7 heteroatoms. The lowest BCUT2D eigenvalue weighted by Gasteiger charge is -2.32. The number of hydrogen-bond donors (Lipinski definition) is 1. The Morgan fingerprint density at radius 1 is 1.44 bits per heavy atom. The number of rotatable bonds is 6. The van der Waals surface area contributed by atoms with Gasteiger partial charge in [-0.3, -0.25) is 4.79 Å². The van der Waals surface area contributed by atoms with Gasteiger partial charge in [0.1, 0.15) is 23.4 Å². The molecule has 0 unspecified atom stereocenters. The second-order valence-corrected chi connectivity index (χ2v) is 5.99. The lowest BCUT2D eigenvalue weighted by Crippen LogP contribution is -2.51. The molecule has 1 aliphatic rings. The van der Waals surface area contributed by atoms with Crippen LogP contribution >= 0.6 is 0 Å². The molecule has 1 saturated heterocycles. The zero-order chi connectivity index (χ0) is 17.6. The molecule has 1 aliphatic heterocycles. The van der Waals surface area contributed by atoms with E-state index < -0.39 is 0 Å². The van der Waals surface area contributed by atoms with E-state index in [2.05, 4.69) is 10.5 Å². The number of carbonyl (C=O) groups excluding carboxylic acids is 1. The molecule has 2 atom stereocenters. The molecule has 0 bridgehead atoms. The van der Waals surface area contributed by atoms with Crippen LogP contribution in [0, 0.1) is 5.82 Å². The minimum Gasteiger partial charge on any atom is -0.488 e. The molecule has 1 amide bonds. The fourth-order valence-electron chi connectivity index (χ4n) is 2.74. The molecule has 2 heterocycles. The molecule has 1 aromatic heterocycles. The third kappa shape index (κ3) is 4.57. The van der Waals surface area contributed by atoms with Crippen LogP contribution in [0.25, 0.3) is 0 Å². The third-order valence-electron chi connectivity index (χ3n) is 3.98. The van der Waals surface area contributed by atoms with Gasteiger partial charge in [-0.1, -0.05) is 18.1 Å². The van der Waals surface area contributed by atoms with Crippen LogP contribution in [0.4, 0.5) is 4.39 Å². The van der Waals surface area contributed by atoms with E-state index in [0.29, 0.717) is 31.1 Å². The molecule has 1 N–H and O–H groups in total. The van der Waals surface area contributed by atoms with Crippen molar-refractivity contribution in [3.8, 4) is 5.75 Å². The average molecular weight is 348 g/mol. The van der Waals surface area contributed by atoms with Gasteiger partial charge in [-0.25, -0.2) is 4.39 Å². The predicted molar refractivity (Wildman–Crippen MR) is 88.0 cm³/mol. The lowest BCUT2D eigenvalue weighted by molar-refractivity contribution is -0.00308. The molecule has 0 saturated carbocycles. The highest BCUT2D eigenvalue weighted by molar-refractivity contribution is 5.92. The number of halogens is 1. The van der Waals surface area contributed by atoms with Gasteiger partial charge in [0.25, 0.3) is 5.91 Å². The zero-order valence-electron chi connectivity index (χ0n) is 14.0. The van der Waals surface area contributed by atoms with Gasteiger partial charge >= 0.3 is 0 Å². The summed E-state index contributed by atoms with van der Waals surface area (Å²) >= 11 is 0. The van der Waals surface area contributed by atoms with Crippen LogP contribution in [-0.2, 0) is 11.2 Å². The molecule has 0 spiro atoms. The van der Waals surface area contributed by atoms with Crippen molar-refractivity contribution in [1.82, 2.24) is 10.5 Å². The summed E-state index contributed by atoms with van der Waals surface area (Å²) in [6.07, 6.45) is 1.94. The number of aryl methyl sites for hydroxylation is 1. The Labute approximate surface area is 145 Å². The maximum Gasteiger partial charge on any atom is 0.273 e. The van der Waals surface area contributed by atoms with Crippen LogP contribution in [-0.4, -0.2) is 36.4 Å². The Morgan fingerprint density at radius 2 is 2.32 bits per heavy atom. The molecule has 0 aliphatic carbocycles. The van der Waals surface area contributed by atoms with Crippen molar-refractivity contribution in [1.29, 1.82) is 0 Å². The van der Waals surface area contributed by atoms with Crippen molar-refractivity contribution in [2.75, 3.05) is 13.2 Å². The van der Waals surface area contributed by atoms with Gasteiger partial charge in [-0.2, -0.15) is 0 Å². The van der Waals surface area contributed by atoms with E-state index in [1.807, 2.05) is 6.92 Å². The van der Waals surface area contributed by atoms with Crippen LogP contribution in [0.15, 0.2) is 34.9 Å². The number of benzene rings is 1. The number of carbonyl (C=O) groups is 1. The van der Waals surface area contributed by atoms with Crippen LogP contribution < -0.4 is 10.1 Å². The minimum atomic E-state index is -0.365. The molecule has 1 aromatic carbocycles. The topological polar surface area (TPSA) is 73.6 Å². The van der Waals surface area contributed by atoms with E-state index in [1.54, 1.807) is 18.2 Å². The second kappa shape index (κ2) is 8.11. The summed E-state index contributed by atoms with van der Waals surface area (Å²) in [7, 11) is 0. The van der Waals surface area contributed by atoms with E-state index in [-0.39, 0.29) is 29.6 Å². The monoisotopic (exact) mass is 348 g/mol. The number of aromatic nitrogens is 1. The molecule has 25 heavy (non-hydrogen) atoms. The van der Waals surface area contributed by atoms with Crippen molar-refractivity contribution < 1.29 is 23.2 Å². The van der Waals surface area contributed by atoms with Gasteiger partial charge in [-0.15, -0.1) is 0 Å². The first-order chi connectivity index (χ1) is 12.2. The maximum atomic E-state index is 13.3. The minimum absolute atomic E-state index is 0.235. The first kappa shape index (κ1) is 17.4. The lowest BCUT2D eigenvalue weighted by atomic mass is 10.1. The van der Waals surface area contributed by atoms with Crippen molar-refractivity contribution in [2.45, 2.75) is 38.3 Å². The van der Waals surface area contributed by atoms with Gasteiger partial charge in [-0.05, 0) is 18.6 Å². The summed E-state index contributed by atoms with van der Waals surface area (Å²) in [6, 6.07) is 7.24. The van der Waals surface area contributed by atoms with Crippen LogP contribution in [0.2, 0.25) is 0 Å². The summed E-state index contributed by atoms with van der Waals surface area (Å²) in [5.41, 5.74) is 0.235. The van der Waals surface area contributed by atoms with E-state index in [4.69, 9.17) is 14.0 Å². The molecule has 0 radical (unpaired) electrons. The van der Waals surface area contributed by atoms with Crippen molar-refractivity contribution >= 4 is 5.91 Å². The first-order valence-corrected chi connectivity index (χ1v) is 8.42. The third-order valence-corrected chi connectivity index (χ3v) is 3.98. The summed E-state index contributed by atoms with van der Waals surface area (Å²) in [4.78, 5) is 12.4. The smallest absolute Gasteiger partial charge is 0.273 e. The molecular weight excluding hydrogens is 327 g/mol. The number of amides is 1. The fraction of sp³-hybridized carbons (Fsp3) is 0.444. The Kier molecular flexibility index (Phi) is 5.65. The molecule has 3 rings (SSSR count). The number of nitrogens with zero attached hydrogens (tertiary/aromatic N) is 1. The van der Waals surface area contributed by atoms with E-state index >= 15 is 0 Å². The maximum absolute atomic E-state index is 13.3. The quantitative estimate of drug-likeness (QED) is 0.869. The van der Waals surface area contributed by atoms with Gasteiger partial charge in [0.05, 0.1) is 19.3 Å². The normalized spacial score (nSPS) is 20.2. The van der Waals surface area contributed by atoms with Gasteiger partial charge in [0.15, 0.2) is 5.69 Å². The molecule has 6 nitrogen and oxygen atoms in total. The number of nitrogens with one attached hydrogen (secondary N) is 1. The average Bonchev–Trinajstić information content (AvgIpc) is 3.06.